The number of carboxylic acid groups (broad SMARTS) is 1. The van der Waals surface area contributed by atoms with Crippen LogP contribution in [0.5, 0.6) is 0 Å². The van der Waals surface area contributed by atoms with Gasteiger partial charge in [-0.1, -0.05) is 24.3 Å². The van der Waals surface area contributed by atoms with E-state index in [0.717, 1.165) is 11.1 Å². The van der Waals surface area contributed by atoms with Crippen LogP contribution in [0, 0.1) is 17.0 Å². The van der Waals surface area contributed by atoms with Gasteiger partial charge in [0.15, 0.2) is 0 Å². The first kappa shape index (κ1) is 14.5. The molecular formula is C15H14N2O4. The van der Waals surface area contributed by atoms with Gasteiger partial charge in [0.25, 0.3) is 5.69 Å². The molecule has 0 unspecified atom stereocenters. The van der Waals surface area contributed by atoms with Crippen molar-refractivity contribution in [2.75, 3.05) is 5.32 Å². The first-order chi connectivity index (χ1) is 9.99. The van der Waals surface area contributed by atoms with E-state index in [1.54, 1.807) is 37.3 Å². The number of carboxylic acids is 1. The van der Waals surface area contributed by atoms with E-state index < -0.39 is 10.9 Å². The highest BCUT2D eigenvalue weighted by molar-refractivity contribution is 5.87. The van der Waals surface area contributed by atoms with Crippen molar-refractivity contribution in [2.24, 2.45) is 0 Å². The molecule has 0 saturated heterocycles. The molecule has 0 aliphatic heterocycles. The number of rotatable bonds is 5. The van der Waals surface area contributed by atoms with Crippen molar-refractivity contribution in [3.8, 4) is 0 Å². The van der Waals surface area contributed by atoms with E-state index in [1.807, 2.05) is 0 Å². The number of nitrogens with zero attached hydrogens (tertiary/aromatic N) is 1. The van der Waals surface area contributed by atoms with E-state index in [9.17, 15) is 14.9 Å². The van der Waals surface area contributed by atoms with E-state index in [2.05, 4.69) is 5.32 Å². The monoisotopic (exact) mass is 286 g/mol. The first-order valence-electron chi connectivity index (χ1n) is 6.29. The number of hydrogen-bond acceptors (Lipinski definition) is 4. The van der Waals surface area contributed by atoms with Crippen molar-refractivity contribution in [1.82, 2.24) is 0 Å². The van der Waals surface area contributed by atoms with Gasteiger partial charge in [-0.25, -0.2) is 4.79 Å². The van der Waals surface area contributed by atoms with Crippen LogP contribution < -0.4 is 5.32 Å². The molecule has 2 aromatic carbocycles. The number of nitro benzene ring substituents is 1. The van der Waals surface area contributed by atoms with Crippen molar-refractivity contribution in [2.45, 2.75) is 13.5 Å². The topological polar surface area (TPSA) is 92.5 Å². The molecule has 0 fully saturated rings. The number of para-hydroxylation sites is 1. The van der Waals surface area contributed by atoms with Gasteiger partial charge in [-0.2, -0.15) is 0 Å². The minimum Gasteiger partial charge on any atom is -0.478 e. The van der Waals surface area contributed by atoms with Crippen LogP contribution in [-0.2, 0) is 6.54 Å². The van der Waals surface area contributed by atoms with Crippen LogP contribution in [0.15, 0.2) is 42.5 Å². The Morgan fingerprint density at radius 1 is 1.29 bits per heavy atom. The van der Waals surface area contributed by atoms with Gasteiger partial charge >= 0.3 is 5.97 Å². The van der Waals surface area contributed by atoms with Gasteiger partial charge in [0.2, 0.25) is 0 Å². The van der Waals surface area contributed by atoms with E-state index in [-0.39, 0.29) is 11.3 Å². The molecule has 0 aliphatic rings. The summed E-state index contributed by atoms with van der Waals surface area (Å²) in [6, 6.07) is 11.3. The van der Waals surface area contributed by atoms with Crippen LogP contribution >= 0.6 is 0 Å². The second-order valence-corrected chi connectivity index (χ2v) is 4.59. The number of benzene rings is 2. The van der Waals surface area contributed by atoms with Gasteiger partial charge < -0.3 is 10.4 Å². The molecule has 21 heavy (non-hydrogen) atoms. The normalized spacial score (nSPS) is 10.1. The predicted molar refractivity (Wildman–Crippen MR) is 78.6 cm³/mol. The Kier molecular flexibility index (Phi) is 4.18. The molecule has 0 amide bonds. The Morgan fingerprint density at radius 2 is 2.00 bits per heavy atom. The molecule has 0 atom stereocenters. The summed E-state index contributed by atoms with van der Waals surface area (Å²) in [6.07, 6.45) is 0. The fraction of sp³-hybridized carbons (Fsp3) is 0.133. The third kappa shape index (κ3) is 3.36. The molecule has 0 aliphatic carbocycles. The van der Waals surface area contributed by atoms with Crippen LogP contribution in [-0.4, -0.2) is 16.0 Å². The molecule has 0 saturated carbocycles. The fourth-order valence-corrected chi connectivity index (χ4v) is 2.04. The van der Waals surface area contributed by atoms with Crippen LogP contribution in [0.3, 0.4) is 0 Å². The van der Waals surface area contributed by atoms with Crippen molar-refractivity contribution >= 4 is 17.3 Å². The third-order valence-corrected chi connectivity index (χ3v) is 3.09. The molecule has 0 aromatic heterocycles. The minimum absolute atomic E-state index is 0.00406. The second-order valence-electron chi connectivity index (χ2n) is 4.59. The molecule has 2 N–H and O–H groups in total. The van der Waals surface area contributed by atoms with Gasteiger partial charge in [-0.3, -0.25) is 10.1 Å². The lowest BCUT2D eigenvalue weighted by atomic mass is 10.1. The van der Waals surface area contributed by atoms with Gasteiger partial charge in [0.1, 0.15) is 5.69 Å². The SMILES string of the molecule is Cc1cccc([N+](=O)[O-])c1NCc1cccc(C(=O)O)c1. The number of nitrogens with one attached hydrogen (secondary N) is 1. The first-order valence-corrected chi connectivity index (χ1v) is 6.29. The summed E-state index contributed by atoms with van der Waals surface area (Å²) >= 11 is 0. The van der Waals surface area contributed by atoms with E-state index in [1.165, 1.54) is 12.1 Å². The lowest BCUT2D eigenvalue weighted by Crippen LogP contribution is -2.05. The number of carbonyl (C=O) groups is 1. The summed E-state index contributed by atoms with van der Waals surface area (Å²) in [4.78, 5) is 21.5. The number of anilines is 1. The van der Waals surface area contributed by atoms with Crippen molar-refractivity contribution in [3.05, 3.63) is 69.3 Å². The molecule has 2 aromatic rings. The maximum absolute atomic E-state index is 11.0. The minimum atomic E-state index is -1.00. The molecule has 2 rings (SSSR count). The second kappa shape index (κ2) is 6.04. The Balaban J connectivity index is 2.22. The summed E-state index contributed by atoms with van der Waals surface area (Å²) in [5.74, 6) is -1.00. The lowest BCUT2D eigenvalue weighted by molar-refractivity contribution is -0.384. The molecule has 0 radical (unpaired) electrons. The summed E-state index contributed by atoms with van der Waals surface area (Å²) < 4.78 is 0. The van der Waals surface area contributed by atoms with Gasteiger partial charge in [-0.05, 0) is 30.2 Å². The largest absolute Gasteiger partial charge is 0.478 e. The molecular weight excluding hydrogens is 272 g/mol. The number of aryl methyl sites for hydroxylation is 1. The molecule has 6 nitrogen and oxygen atoms in total. The number of hydrogen-bond donors (Lipinski definition) is 2. The third-order valence-electron chi connectivity index (χ3n) is 3.09. The van der Waals surface area contributed by atoms with Crippen LogP contribution in [0.2, 0.25) is 0 Å². The summed E-state index contributed by atoms with van der Waals surface area (Å²) in [6.45, 7) is 2.09. The van der Waals surface area contributed by atoms with Crippen LogP contribution in [0.4, 0.5) is 11.4 Å². The average Bonchev–Trinajstić information content (AvgIpc) is 2.46. The highest BCUT2D eigenvalue weighted by Gasteiger charge is 2.15. The summed E-state index contributed by atoms with van der Waals surface area (Å²) in [7, 11) is 0. The van der Waals surface area contributed by atoms with E-state index >= 15 is 0 Å². The van der Waals surface area contributed by atoms with Crippen LogP contribution in [0.1, 0.15) is 21.5 Å². The van der Waals surface area contributed by atoms with Crippen molar-refractivity contribution < 1.29 is 14.8 Å². The molecule has 6 heteroatoms. The number of aromatic carboxylic acids is 1. The van der Waals surface area contributed by atoms with Gasteiger partial charge in [-0.15, -0.1) is 0 Å². The van der Waals surface area contributed by atoms with Gasteiger partial charge in [0, 0.05) is 12.6 Å². The average molecular weight is 286 g/mol. The Labute approximate surface area is 121 Å². The standard InChI is InChI=1S/C15H14N2O4/c1-10-4-2-7-13(17(20)21)14(10)16-9-11-5-3-6-12(8-11)15(18)19/h2-8,16H,9H2,1H3,(H,18,19). The Hall–Kier alpha value is -2.89. The number of nitro groups is 1. The predicted octanol–water partition coefficient (Wildman–Crippen LogP) is 3.21. The zero-order valence-corrected chi connectivity index (χ0v) is 11.4. The maximum Gasteiger partial charge on any atom is 0.335 e. The fourth-order valence-electron chi connectivity index (χ4n) is 2.04. The van der Waals surface area contributed by atoms with E-state index in [0.29, 0.717) is 12.2 Å². The highest BCUT2D eigenvalue weighted by Crippen LogP contribution is 2.28. The molecule has 108 valence electrons. The smallest absolute Gasteiger partial charge is 0.335 e. The zero-order valence-electron chi connectivity index (χ0n) is 11.4. The maximum atomic E-state index is 11.0. The highest BCUT2D eigenvalue weighted by atomic mass is 16.6. The molecule has 0 spiro atoms. The van der Waals surface area contributed by atoms with Crippen molar-refractivity contribution in [1.29, 1.82) is 0 Å². The van der Waals surface area contributed by atoms with Gasteiger partial charge in [0.05, 0.1) is 10.5 Å². The quantitative estimate of drug-likeness (QED) is 0.650. The van der Waals surface area contributed by atoms with Crippen LogP contribution in [0.25, 0.3) is 0 Å². The Bertz CT molecular complexity index is 698. The summed E-state index contributed by atoms with van der Waals surface area (Å²) in [5.41, 5.74) is 2.15. The molecule has 0 heterocycles. The summed E-state index contributed by atoms with van der Waals surface area (Å²) in [5, 5.41) is 23.0. The Morgan fingerprint density at radius 3 is 2.67 bits per heavy atom. The van der Waals surface area contributed by atoms with Crippen molar-refractivity contribution in [3.63, 3.8) is 0 Å². The zero-order chi connectivity index (χ0) is 15.4. The molecule has 0 bridgehead atoms. The van der Waals surface area contributed by atoms with E-state index in [4.69, 9.17) is 5.11 Å². The lowest BCUT2D eigenvalue weighted by Gasteiger charge is -2.10.